The van der Waals surface area contributed by atoms with E-state index in [0.717, 1.165) is 16.0 Å². The van der Waals surface area contributed by atoms with Crippen molar-refractivity contribution in [2.75, 3.05) is 20.7 Å². The summed E-state index contributed by atoms with van der Waals surface area (Å²) in [5.41, 5.74) is 1.19. The van der Waals surface area contributed by atoms with Crippen LogP contribution < -0.4 is 0 Å². The van der Waals surface area contributed by atoms with Crippen LogP contribution in [0.4, 0.5) is 5.69 Å². The lowest BCUT2D eigenvalue weighted by Gasteiger charge is -2.16. The Morgan fingerprint density at radius 3 is 2.35 bits per heavy atom. The maximum absolute atomic E-state index is 12.2. The van der Waals surface area contributed by atoms with Gasteiger partial charge in [0.2, 0.25) is 0 Å². The number of ether oxygens (including phenoxy) is 1. The molecule has 0 aromatic heterocycles. The molecular formula is C13H16N2O5. The zero-order valence-electron chi connectivity index (χ0n) is 11.8. The molecule has 1 rings (SSSR count). The Morgan fingerprint density at radius 2 is 1.85 bits per heavy atom. The molecule has 1 aromatic rings. The first-order chi connectivity index (χ1) is 9.27. The van der Waals surface area contributed by atoms with Gasteiger partial charge in [0.05, 0.1) is 12.0 Å². The second kappa shape index (κ2) is 6.14. The number of carbonyl (C=O) groups is 2. The summed E-state index contributed by atoms with van der Waals surface area (Å²) in [7, 11) is 2.59. The van der Waals surface area contributed by atoms with E-state index in [4.69, 9.17) is 0 Å². The molecule has 0 spiro atoms. The highest BCUT2D eigenvalue weighted by Crippen LogP contribution is 2.24. The molecule has 0 unspecified atom stereocenters. The van der Waals surface area contributed by atoms with Crippen LogP contribution in [0, 0.1) is 24.0 Å². The Bertz CT molecular complexity index is 568. The quantitative estimate of drug-likeness (QED) is 0.473. The Morgan fingerprint density at radius 1 is 1.30 bits per heavy atom. The Balaban J connectivity index is 3.18. The number of benzene rings is 1. The SMILES string of the molecule is COC(=O)CN(C)C(=O)c1cc(C)c(C)cc1[N+](=O)[O-]. The van der Waals surface area contributed by atoms with Crippen molar-refractivity contribution < 1.29 is 19.2 Å². The minimum atomic E-state index is -0.606. The summed E-state index contributed by atoms with van der Waals surface area (Å²) < 4.78 is 4.46. The third-order valence-electron chi connectivity index (χ3n) is 2.98. The molecule has 108 valence electrons. The Kier molecular flexibility index (Phi) is 4.79. The molecule has 0 aliphatic carbocycles. The molecule has 0 saturated heterocycles. The van der Waals surface area contributed by atoms with Gasteiger partial charge in [0.1, 0.15) is 12.1 Å². The van der Waals surface area contributed by atoms with Crippen LogP contribution in [-0.2, 0) is 9.53 Å². The lowest BCUT2D eigenvalue weighted by atomic mass is 10.0. The molecule has 0 radical (unpaired) electrons. The fourth-order valence-corrected chi connectivity index (χ4v) is 1.66. The number of rotatable bonds is 4. The van der Waals surface area contributed by atoms with Crippen molar-refractivity contribution in [1.29, 1.82) is 0 Å². The fraction of sp³-hybridized carbons (Fsp3) is 0.385. The molecule has 7 nitrogen and oxygen atoms in total. The van der Waals surface area contributed by atoms with E-state index >= 15 is 0 Å². The number of carbonyl (C=O) groups excluding carboxylic acids is 2. The maximum atomic E-state index is 12.2. The first-order valence-corrected chi connectivity index (χ1v) is 5.85. The molecule has 0 heterocycles. The van der Waals surface area contributed by atoms with Gasteiger partial charge in [-0.3, -0.25) is 19.7 Å². The largest absolute Gasteiger partial charge is 0.468 e. The summed E-state index contributed by atoms with van der Waals surface area (Å²) in [6, 6.07) is 2.82. The Hall–Kier alpha value is -2.44. The number of likely N-dealkylation sites (N-methyl/N-ethyl adjacent to an activating group) is 1. The molecule has 0 N–H and O–H groups in total. The topological polar surface area (TPSA) is 89.8 Å². The number of aryl methyl sites for hydroxylation is 2. The van der Waals surface area contributed by atoms with Crippen LogP contribution in [0.3, 0.4) is 0 Å². The average molecular weight is 280 g/mol. The van der Waals surface area contributed by atoms with Gasteiger partial charge in [-0.15, -0.1) is 0 Å². The summed E-state index contributed by atoms with van der Waals surface area (Å²) in [4.78, 5) is 34.9. The van der Waals surface area contributed by atoms with Crippen LogP contribution in [-0.4, -0.2) is 42.4 Å². The summed E-state index contributed by atoms with van der Waals surface area (Å²) in [5, 5.41) is 11.0. The van der Waals surface area contributed by atoms with E-state index in [9.17, 15) is 19.7 Å². The third kappa shape index (κ3) is 3.31. The van der Waals surface area contributed by atoms with E-state index in [2.05, 4.69) is 4.74 Å². The summed E-state index contributed by atoms with van der Waals surface area (Å²) in [6.07, 6.45) is 0. The van der Waals surface area contributed by atoms with E-state index in [0.29, 0.717) is 0 Å². The van der Waals surface area contributed by atoms with Gasteiger partial charge in [-0.2, -0.15) is 0 Å². The second-order valence-electron chi connectivity index (χ2n) is 4.45. The minimum Gasteiger partial charge on any atom is -0.468 e. The van der Waals surface area contributed by atoms with Crippen molar-refractivity contribution in [3.05, 3.63) is 38.9 Å². The molecule has 1 amide bonds. The predicted octanol–water partition coefficient (Wildman–Crippen LogP) is 1.46. The lowest BCUT2D eigenvalue weighted by Crippen LogP contribution is -2.33. The van der Waals surface area contributed by atoms with Gasteiger partial charge in [-0.25, -0.2) is 0 Å². The Labute approximate surface area is 116 Å². The van der Waals surface area contributed by atoms with Crippen molar-refractivity contribution in [3.63, 3.8) is 0 Å². The van der Waals surface area contributed by atoms with E-state index < -0.39 is 16.8 Å². The van der Waals surface area contributed by atoms with Crippen LogP contribution in [0.5, 0.6) is 0 Å². The molecular weight excluding hydrogens is 264 g/mol. The molecule has 0 aliphatic rings. The summed E-state index contributed by atoms with van der Waals surface area (Å²) >= 11 is 0. The van der Waals surface area contributed by atoms with Crippen molar-refractivity contribution in [2.24, 2.45) is 0 Å². The third-order valence-corrected chi connectivity index (χ3v) is 2.98. The number of hydrogen-bond acceptors (Lipinski definition) is 5. The summed E-state index contributed by atoms with van der Waals surface area (Å²) in [5.74, 6) is -1.18. The predicted molar refractivity (Wildman–Crippen MR) is 71.5 cm³/mol. The highest BCUT2D eigenvalue weighted by Gasteiger charge is 2.25. The van der Waals surface area contributed by atoms with E-state index in [-0.39, 0.29) is 17.8 Å². The zero-order valence-corrected chi connectivity index (χ0v) is 11.8. The van der Waals surface area contributed by atoms with Gasteiger partial charge in [0, 0.05) is 13.1 Å². The van der Waals surface area contributed by atoms with Gasteiger partial charge >= 0.3 is 5.97 Å². The lowest BCUT2D eigenvalue weighted by molar-refractivity contribution is -0.385. The number of amides is 1. The van der Waals surface area contributed by atoms with Crippen LogP contribution in [0.2, 0.25) is 0 Å². The van der Waals surface area contributed by atoms with Crippen molar-refractivity contribution in [3.8, 4) is 0 Å². The van der Waals surface area contributed by atoms with E-state index in [1.165, 1.54) is 26.3 Å². The smallest absolute Gasteiger partial charge is 0.325 e. The molecule has 0 saturated carbocycles. The maximum Gasteiger partial charge on any atom is 0.325 e. The molecule has 0 bridgehead atoms. The van der Waals surface area contributed by atoms with Crippen molar-refractivity contribution in [2.45, 2.75) is 13.8 Å². The molecule has 7 heteroatoms. The van der Waals surface area contributed by atoms with Gasteiger partial charge in [-0.1, -0.05) is 0 Å². The van der Waals surface area contributed by atoms with Gasteiger partial charge in [0.15, 0.2) is 0 Å². The number of nitro groups is 1. The number of nitro benzene ring substituents is 1. The molecule has 1 aromatic carbocycles. The zero-order chi connectivity index (χ0) is 15.4. The molecule has 0 aliphatic heterocycles. The molecule has 0 fully saturated rings. The number of methoxy groups -OCH3 is 1. The van der Waals surface area contributed by atoms with Gasteiger partial charge in [0.25, 0.3) is 11.6 Å². The monoisotopic (exact) mass is 280 g/mol. The molecule has 20 heavy (non-hydrogen) atoms. The highest BCUT2D eigenvalue weighted by molar-refractivity contribution is 5.99. The first kappa shape index (κ1) is 15.6. The van der Waals surface area contributed by atoms with Crippen LogP contribution >= 0.6 is 0 Å². The summed E-state index contributed by atoms with van der Waals surface area (Å²) in [6.45, 7) is 3.23. The normalized spacial score (nSPS) is 10.0. The number of hydrogen-bond donors (Lipinski definition) is 0. The van der Waals surface area contributed by atoms with Gasteiger partial charge < -0.3 is 9.64 Å². The highest BCUT2D eigenvalue weighted by atomic mass is 16.6. The number of esters is 1. The standard InChI is InChI=1S/C13H16N2O5/c1-8-5-10(11(15(18)19)6-9(8)2)13(17)14(3)7-12(16)20-4/h5-6H,7H2,1-4H3. The van der Waals surface area contributed by atoms with E-state index in [1.807, 2.05) is 0 Å². The number of nitrogens with zero attached hydrogens (tertiary/aromatic N) is 2. The average Bonchev–Trinajstić information content (AvgIpc) is 2.39. The second-order valence-corrected chi connectivity index (χ2v) is 4.45. The van der Waals surface area contributed by atoms with Crippen LogP contribution in [0.25, 0.3) is 0 Å². The van der Waals surface area contributed by atoms with Crippen molar-refractivity contribution >= 4 is 17.6 Å². The van der Waals surface area contributed by atoms with Crippen LogP contribution in [0.1, 0.15) is 21.5 Å². The molecule has 0 atom stereocenters. The fourth-order valence-electron chi connectivity index (χ4n) is 1.66. The minimum absolute atomic E-state index is 0.0375. The van der Waals surface area contributed by atoms with Crippen LogP contribution in [0.15, 0.2) is 12.1 Å². The van der Waals surface area contributed by atoms with Gasteiger partial charge in [-0.05, 0) is 31.0 Å². The first-order valence-electron chi connectivity index (χ1n) is 5.85. The van der Waals surface area contributed by atoms with E-state index in [1.54, 1.807) is 13.8 Å². The van der Waals surface area contributed by atoms with Crippen molar-refractivity contribution in [1.82, 2.24) is 4.90 Å².